The van der Waals surface area contributed by atoms with Crippen molar-refractivity contribution in [2.24, 2.45) is 0 Å². The van der Waals surface area contributed by atoms with Gasteiger partial charge in [0.15, 0.2) is 0 Å². The van der Waals surface area contributed by atoms with Crippen LogP contribution < -0.4 is 10.1 Å². The zero-order valence-electron chi connectivity index (χ0n) is 15.1. The minimum absolute atomic E-state index is 0.0826. The van der Waals surface area contributed by atoms with Crippen LogP contribution in [0.4, 0.5) is 5.69 Å². The maximum absolute atomic E-state index is 11.5. The molecule has 0 bridgehead atoms. The Kier molecular flexibility index (Phi) is 6.80. The highest BCUT2D eigenvalue weighted by Gasteiger charge is 2.19. The fraction of sp³-hybridized carbons (Fsp3) is 0.105. The smallest absolute Gasteiger partial charge is 0.308 e. The Morgan fingerprint density at radius 3 is 2.14 bits per heavy atom. The summed E-state index contributed by atoms with van der Waals surface area (Å²) in [5.74, 6) is -0.892. The molecule has 0 aliphatic heterocycles. The number of ether oxygens (including phenoxy) is 1. The standard InChI is InChI=1S/C14H13NO6S.C5H5N/c1-8(16)15-11-6-7-13(22(18,19)20)10-4-3-5-12(14(10)11)21-9(2)17;1-2-4-6-5-3-1/h3-7H,1-2H3,(H,15,16)(H,18,19,20);1-5H. The molecule has 0 aliphatic rings. The zero-order valence-corrected chi connectivity index (χ0v) is 15.9. The summed E-state index contributed by atoms with van der Waals surface area (Å²) in [7, 11) is -4.47. The van der Waals surface area contributed by atoms with E-state index in [4.69, 9.17) is 4.74 Å². The fourth-order valence-corrected chi connectivity index (χ4v) is 3.11. The second-order valence-corrected chi connectivity index (χ2v) is 6.95. The molecule has 1 amide bonds. The number of nitrogens with one attached hydrogen (secondary N) is 1. The number of amides is 1. The summed E-state index contributed by atoms with van der Waals surface area (Å²) >= 11 is 0. The maximum atomic E-state index is 11.5. The average Bonchev–Trinajstić information content (AvgIpc) is 2.62. The first-order valence-corrected chi connectivity index (χ1v) is 9.48. The molecule has 1 heterocycles. The van der Waals surface area contributed by atoms with Crippen molar-refractivity contribution >= 4 is 38.5 Å². The van der Waals surface area contributed by atoms with E-state index in [-0.39, 0.29) is 33.0 Å². The van der Waals surface area contributed by atoms with Gasteiger partial charge in [0.25, 0.3) is 10.1 Å². The van der Waals surface area contributed by atoms with E-state index in [9.17, 15) is 22.6 Å². The average molecular weight is 402 g/mol. The lowest BCUT2D eigenvalue weighted by atomic mass is 10.1. The second-order valence-electron chi connectivity index (χ2n) is 5.56. The molecule has 28 heavy (non-hydrogen) atoms. The van der Waals surface area contributed by atoms with E-state index in [0.29, 0.717) is 0 Å². The maximum Gasteiger partial charge on any atom is 0.308 e. The highest BCUT2D eigenvalue weighted by atomic mass is 32.2. The summed E-state index contributed by atoms with van der Waals surface area (Å²) < 4.78 is 37.3. The lowest BCUT2D eigenvalue weighted by molar-refractivity contribution is -0.131. The molecule has 146 valence electrons. The molecule has 0 saturated carbocycles. The van der Waals surface area contributed by atoms with Crippen LogP contribution in [0.3, 0.4) is 0 Å². The van der Waals surface area contributed by atoms with Crippen molar-refractivity contribution in [2.75, 3.05) is 5.32 Å². The first-order valence-electron chi connectivity index (χ1n) is 8.04. The number of fused-ring (bicyclic) bond motifs is 1. The molecule has 0 fully saturated rings. The number of hydrogen-bond donors (Lipinski definition) is 2. The van der Waals surface area contributed by atoms with Crippen LogP contribution in [0.15, 0.2) is 65.8 Å². The molecule has 0 saturated heterocycles. The van der Waals surface area contributed by atoms with Gasteiger partial charge in [-0.3, -0.25) is 19.1 Å². The summed E-state index contributed by atoms with van der Waals surface area (Å²) in [6, 6.07) is 12.6. The van der Waals surface area contributed by atoms with Gasteiger partial charge in [-0.1, -0.05) is 18.2 Å². The molecule has 0 spiro atoms. The van der Waals surface area contributed by atoms with Gasteiger partial charge in [-0.05, 0) is 30.3 Å². The van der Waals surface area contributed by atoms with Gasteiger partial charge in [-0.15, -0.1) is 0 Å². The minimum Gasteiger partial charge on any atom is -0.426 e. The number of carbonyl (C=O) groups excluding carboxylic acids is 2. The van der Waals surface area contributed by atoms with Gasteiger partial charge in [-0.2, -0.15) is 8.42 Å². The molecular weight excluding hydrogens is 384 g/mol. The minimum atomic E-state index is -4.47. The zero-order chi connectivity index (χ0) is 20.7. The number of aromatic nitrogens is 1. The van der Waals surface area contributed by atoms with E-state index in [1.165, 1.54) is 44.2 Å². The predicted molar refractivity (Wildman–Crippen MR) is 104 cm³/mol. The van der Waals surface area contributed by atoms with Crippen LogP contribution in [0, 0.1) is 0 Å². The third-order valence-corrected chi connectivity index (χ3v) is 4.28. The van der Waals surface area contributed by atoms with Crippen LogP contribution in [0.5, 0.6) is 5.75 Å². The van der Waals surface area contributed by atoms with Crippen LogP contribution >= 0.6 is 0 Å². The molecule has 0 aliphatic carbocycles. The number of rotatable bonds is 3. The largest absolute Gasteiger partial charge is 0.426 e. The van der Waals surface area contributed by atoms with Crippen molar-refractivity contribution in [1.82, 2.24) is 4.98 Å². The Morgan fingerprint density at radius 2 is 1.68 bits per heavy atom. The first kappa shape index (κ1) is 21.0. The van der Waals surface area contributed by atoms with Gasteiger partial charge < -0.3 is 10.1 Å². The van der Waals surface area contributed by atoms with Gasteiger partial charge >= 0.3 is 5.97 Å². The summed E-state index contributed by atoms with van der Waals surface area (Å²) in [6.07, 6.45) is 3.50. The number of benzene rings is 2. The van der Waals surface area contributed by atoms with Gasteiger partial charge in [0.2, 0.25) is 5.91 Å². The second kappa shape index (κ2) is 9.07. The van der Waals surface area contributed by atoms with Crippen molar-refractivity contribution in [1.29, 1.82) is 0 Å². The lowest BCUT2D eigenvalue weighted by Crippen LogP contribution is -2.09. The molecule has 3 aromatic rings. The van der Waals surface area contributed by atoms with Crippen LogP contribution in [0.2, 0.25) is 0 Å². The van der Waals surface area contributed by atoms with Crippen LogP contribution in [-0.4, -0.2) is 29.8 Å². The SMILES string of the molecule is CC(=O)Nc1ccc(S(=O)(=O)O)c2cccc(OC(C)=O)c12.c1ccncc1. The normalized spacial score (nSPS) is 10.5. The number of esters is 1. The van der Waals surface area contributed by atoms with E-state index in [1.807, 2.05) is 18.2 Å². The van der Waals surface area contributed by atoms with E-state index in [0.717, 1.165) is 0 Å². The molecule has 0 unspecified atom stereocenters. The summed E-state index contributed by atoms with van der Waals surface area (Å²) in [5.41, 5.74) is 0.270. The third kappa shape index (κ3) is 5.60. The quantitative estimate of drug-likeness (QED) is 0.392. The van der Waals surface area contributed by atoms with Crippen molar-refractivity contribution in [3.63, 3.8) is 0 Å². The van der Waals surface area contributed by atoms with Crippen molar-refractivity contribution < 1.29 is 27.3 Å². The van der Waals surface area contributed by atoms with E-state index >= 15 is 0 Å². The van der Waals surface area contributed by atoms with Crippen molar-refractivity contribution in [3.05, 3.63) is 60.9 Å². The number of hydrogen-bond acceptors (Lipinski definition) is 6. The van der Waals surface area contributed by atoms with Gasteiger partial charge in [-0.25, -0.2) is 0 Å². The molecule has 8 nitrogen and oxygen atoms in total. The molecule has 9 heteroatoms. The Morgan fingerprint density at radius 1 is 1.00 bits per heavy atom. The Hall–Kier alpha value is -3.30. The Bertz CT molecular complexity index is 1050. The van der Waals surface area contributed by atoms with Gasteiger partial charge in [0.1, 0.15) is 10.6 Å². The van der Waals surface area contributed by atoms with Gasteiger partial charge in [0.05, 0.1) is 5.69 Å². The van der Waals surface area contributed by atoms with Crippen molar-refractivity contribution in [3.8, 4) is 5.75 Å². The number of nitrogens with zero attached hydrogens (tertiary/aromatic N) is 1. The molecule has 1 aromatic heterocycles. The Labute approximate surface area is 161 Å². The third-order valence-electron chi connectivity index (χ3n) is 3.37. The highest BCUT2D eigenvalue weighted by Crippen LogP contribution is 2.36. The molecule has 0 atom stereocenters. The topological polar surface area (TPSA) is 123 Å². The van der Waals surface area contributed by atoms with Crippen molar-refractivity contribution in [2.45, 2.75) is 18.7 Å². The van der Waals surface area contributed by atoms with E-state index in [1.54, 1.807) is 12.4 Å². The van der Waals surface area contributed by atoms with Crippen LogP contribution in [0.1, 0.15) is 13.8 Å². The number of pyridine rings is 1. The summed E-state index contributed by atoms with van der Waals surface area (Å²) in [6.45, 7) is 2.49. The number of carbonyl (C=O) groups is 2. The first-order chi connectivity index (χ1) is 13.2. The molecule has 2 N–H and O–H groups in total. The van der Waals surface area contributed by atoms with E-state index < -0.39 is 16.1 Å². The highest BCUT2D eigenvalue weighted by molar-refractivity contribution is 7.86. The molecule has 3 rings (SSSR count). The fourth-order valence-electron chi connectivity index (χ4n) is 2.42. The predicted octanol–water partition coefficient (Wildman–Crippen LogP) is 3.05. The molecular formula is C19H18N2O6S. The van der Waals surface area contributed by atoms with Crippen LogP contribution in [-0.2, 0) is 19.7 Å². The lowest BCUT2D eigenvalue weighted by Gasteiger charge is -2.13. The summed E-state index contributed by atoms with van der Waals surface area (Å²) in [5, 5.41) is 2.88. The Balaban J connectivity index is 0.000000397. The summed E-state index contributed by atoms with van der Waals surface area (Å²) in [4.78, 5) is 25.9. The van der Waals surface area contributed by atoms with E-state index in [2.05, 4.69) is 10.3 Å². The molecule has 2 aromatic carbocycles. The van der Waals surface area contributed by atoms with Crippen LogP contribution in [0.25, 0.3) is 10.8 Å². The van der Waals surface area contributed by atoms with Gasteiger partial charge in [0, 0.05) is 37.0 Å². The monoisotopic (exact) mass is 402 g/mol. The molecule has 0 radical (unpaired) electrons. The number of anilines is 1.